The summed E-state index contributed by atoms with van der Waals surface area (Å²) in [6, 6.07) is 3.95. The molecule has 3 rings (SSSR count). The quantitative estimate of drug-likeness (QED) is 0.429. The predicted octanol–water partition coefficient (Wildman–Crippen LogP) is 0.878. The van der Waals surface area contributed by atoms with Crippen LogP contribution >= 0.6 is 11.8 Å². The number of hydrogen-bond donors (Lipinski definition) is 3. The fraction of sp³-hybridized carbons (Fsp3) is 0.333. The van der Waals surface area contributed by atoms with E-state index in [4.69, 9.17) is 11.1 Å². The van der Waals surface area contributed by atoms with Gasteiger partial charge in [-0.25, -0.2) is 9.89 Å². The Bertz CT molecular complexity index is 702. The molecule has 4 N–H and O–H groups in total. The first kappa shape index (κ1) is 12.9. The molecule has 0 unspecified atom stereocenters. The Hall–Kier alpha value is -2.09. The number of amidine groups is 1. The van der Waals surface area contributed by atoms with Crippen LogP contribution in [0.25, 0.3) is 0 Å². The van der Waals surface area contributed by atoms with Crippen molar-refractivity contribution < 1.29 is 0 Å². The minimum Gasteiger partial charge on any atom is -0.382 e. The van der Waals surface area contributed by atoms with Gasteiger partial charge in [-0.2, -0.15) is 0 Å². The number of nitrogens with two attached hydrogens (primary N) is 1. The molecule has 2 aromatic heterocycles. The second-order valence-corrected chi connectivity index (χ2v) is 5.61. The first-order chi connectivity index (χ1) is 9.65. The number of H-pyrrole nitrogens is 1. The SMILES string of the molecule is N=C(N)c1cc(CSc2n[nH]c(=O)n2C2CC2)ccn1. The number of aromatic nitrogens is 4. The second-order valence-electron chi connectivity index (χ2n) is 4.66. The summed E-state index contributed by atoms with van der Waals surface area (Å²) in [4.78, 5) is 15.7. The summed E-state index contributed by atoms with van der Waals surface area (Å²) >= 11 is 1.49. The maximum atomic E-state index is 11.7. The molecule has 104 valence electrons. The highest BCUT2D eigenvalue weighted by atomic mass is 32.2. The third kappa shape index (κ3) is 2.60. The standard InChI is InChI=1S/C12H14N6OS/c13-10(14)9-5-7(3-4-15-9)6-20-12-17-16-11(19)18(12)8-1-2-8/h3-5,8H,1-2,6H2,(H3,13,14)(H,16,19). The van der Waals surface area contributed by atoms with Gasteiger partial charge in [0, 0.05) is 18.0 Å². The molecule has 0 radical (unpaired) electrons. The summed E-state index contributed by atoms with van der Waals surface area (Å²) in [7, 11) is 0. The van der Waals surface area contributed by atoms with Gasteiger partial charge >= 0.3 is 5.69 Å². The van der Waals surface area contributed by atoms with Gasteiger partial charge in [-0.05, 0) is 30.5 Å². The van der Waals surface area contributed by atoms with E-state index in [1.165, 1.54) is 11.8 Å². The van der Waals surface area contributed by atoms with E-state index in [0.717, 1.165) is 18.4 Å². The average Bonchev–Trinajstić information content (AvgIpc) is 3.20. The molecule has 20 heavy (non-hydrogen) atoms. The molecule has 0 aliphatic heterocycles. The van der Waals surface area contributed by atoms with Crippen LogP contribution in [0.1, 0.15) is 30.1 Å². The van der Waals surface area contributed by atoms with E-state index >= 15 is 0 Å². The average molecular weight is 290 g/mol. The van der Waals surface area contributed by atoms with Gasteiger partial charge in [-0.3, -0.25) is 15.0 Å². The predicted molar refractivity (Wildman–Crippen MR) is 75.9 cm³/mol. The van der Waals surface area contributed by atoms with Gasteiger partial charge in [0.15, 0.2) is 5.16 Å². The van der Waals surface area contributed by atoms with E-state index in [1.54, 1.807) is 16.8 Å². The molecule has 0 bridgehead atoms. The van der Waals surface area contributed by atoms with Gasteiger partial charge in [-0.15, -0.1) is 5.10 Å². The van der Waals surface area contributed by atoms with Gasteiger partial charge in [-0.1, -0.05) is 11.8 Å². The van der Waals surface area contributed by atoms with E-state index in [0.29, 0.717) is 22.6 Å². The van der Waals surface area contributed by atoms with Crippen molar-refractivity contribution >= 4 is 17.6 Å². The summed E-state index contributed by atoms with van der Waals surface area (Å²) in [6.07, 6.45) is 3.71. The lowest BCUT2D eigenvalue weighted by atomic mass is 10.2. The summed E-state index contributed by atoms with van der Waals surface area (Å²) in [5.74, 6) is 0.603. The first-order valence-corrected chi connectivity index (χ1v) is 7.23. The topological polar surface area (TPSA) is 113 Å². The fourth-order valence-corrected chi connectivity index (χ4v) is 2.86. The molecule has 0 atom stereocenters. The first-order valence-electron chi connectivity index (χ1n) is 6.24. The second kappa shape index (κ2) is 5.12. The van der Waals surface area contributed by atoms with Crippen molar-refractivity contribution in [2.75, 3.05) is 0 Å². The van der Waals surface area contributed by atoms with Crippen molar-refractivity contribution in [3.63, 3.8) is 0 Å². The molecule has 8 heteroatoms. The van der Waals surface area contributed by atoms with E-state index in [1.807, 2.05) is 6.07 Å². The highest BCUT2D eigenvalue weighted by Gasteiger charge is 2.28. The lowest BCUT2D eigenvalue weighted by molar-refractivity contribution is 0.642. The fourth-order valence-electron chi connectivity index (χ4n) is 1.91. The minimum absolute atomic E-state index is 0.0495. The molecule has 2 heterocycles. The van der Waals surface area contributed by atoms with E-state index in [-0.39, 0.29) is 11.5 Å². The Morgan fingerprint density at radius 3 is 3.10 bits per heavy atom. The van der Waals surface area contributed by atoms with Crippen LogP contribution in [0.2, 0.25) is 0 Å². The lowest BCUT2D eigenvalue weighted by Crippen LogP contribution is -2.16. The number of pyridine rings is 1. The Kier molecular flexibility index (Phi) is 3.31. The summed E-state index contributed by atoms with van der Waals surface area (Å²) < 4.78 is 1.72. The van der Waals surface area contributed by atoms with Crippen molar-refractivity contribution in [3.05, 3.63) is 40.1 Å². The van der Waals surface area contributed by atoms with Crippen LogP contribution in [-0.2, 0) is 5.75 Å². The maximum absolute atomic E-state index is 11.7. The van der Waals surface area contributed by atoms with Crippen LogP contribution in [0, 0.1) is 5.41 Å². The van der Waals surface area contributed by atoms with Crippen molar-refractivity contribution in [1.82, 2.24) is 19.7 Å². The molecule has 0 saturated heterocycles. The minimum atomic E-state index is -0.144. The van der Waals surface area contributed by atoms with Crippen molar-refractivity contribution in [2.45, 2.75) is 29.8 Å². The summed E-state index contributed by atoms with van der Waals surface area (Å²) in [6.45, 7) is 0. The van der Waals surface area contributed by atoms with Crippen LogP contribution in [0.3, 0.4) is 0 Å². The van der Waals surface area contributed by atoms with Crippen LogP contribution in [0.15, 0.2) is 28.3 Å². The Morgan fingerprint density at radius 1 is 1.60 bits per heavy atom. The van der Waals surface area contributed by atoms with E-state index in [2.05, 4.69) is 15.2 Å². The molecule has 1 saturated carbocycles. The highest BCUT2D eigenvalue weighted by molar-refractivity contribution is 7.98. The van der Waals surface area contributed by atoms with Gasteiger partial charge in [0.2, 0.25) is 0 Å². The number of aromatic amines is 1. The van der Waals surface area contributed by atoms with Gasteiger partial charge in [0.1, 0.15) is 11.5 Å². The molecular formula is C12H14N6OS. The third-order valence-corrected chi connectivity index (χ3v) is 4.08. The highest BCUT2D eigenvalue weighted by Crippen LogP contribution is 2.36. The number of thioether (sulfide) groups is 1. The smallest absolute Gasteiger partial charge is 0.344 e. The Balaban J connectivity index is 1.75. The molecule has 1 fully saturated rings. The van der Waals surface area contributed by atoms with Crippen LogP contribution < -0.4 is 11.4 Å². The number of hydrogen-bond acceptors (Lipinski definition) is 5. The molecule has 0 spiro atoms. The zero-order valence-electron chi connectivity index (χ0n) is 10.7. The normalized spacial score (nSPS) is 14.4. The number of nitrogen functional groups attached to an aromatic ring is 1. The molecule has 1 aliphatic carbocycles. The van der Waals surface area contributed by atoms with E-state index < -0.39 is 0 Å². The van der Waals surface area contributed by atoms with Crippen molar-refractivity contribution in [2.24, 2.45) is 5.73 Å². The molecular weight excluding hydrogens is 276 g/mol. The molecule has 7 nitrogen and oxygen atoms in total. The van der Waals surface area contributed by atoms with Crippen LogP contribution in [0.4, 0.5) is 0 Å². The molecule has 0 aromatic carbocycles. The van der Waals surface area contributed by atoms with Crippen LogP contribution in [-0.4, -0.2) is 25.6 Å². The molecule has 0 amide bonds. The molecule has 1 aliphatic rings. The Labute approximate surface area is 119 Å². The zero-order chi connectivity index (χ0) is 14.1. The van der Waals surface area contributed by atoms with E-state index in [9.17, 15) is 4.79 Å². The monoisotopic (exact) mass is 290 g/mol. The number of rotatable bonds is 5. The van der Waals surface area contributed by atoms with Crippen molar-refractivity contribution in [3.8, 4) is 0 Å². The van der Waals surface area contributed by atoms with Crippen LogP contribution in [0.5, 0.6) is 0 Å². The van der Waals surface area contributed by atoms with Gasteiger partial charge in [0.25, 0.3) is 0 Å². The number of nitrogens with zero attached hydrogens (tertiary/aromatic N) is 3. The third-order valence-electron chi connectivity index (χ3n) is 3.05. The van der Waals surface area contributed by atoms with Crippen molar-refractivity contribution in [1.29, 1.82) is 5.41 Å². The largest absolute Gasteiger partial charge is 0.382 e. The van der Waals surface area contributed by atoms with Gasteiger partial charge in [0.05, 0.1) is 0 Å². The molecule has 2 aromatic rings. The summed E-state index contributed by atoms with van der Waals surface area (Å²) in [5, 5.41) is 14.6. The number of nitrogens with one attached hydrogen (secondary N) is 2. The maximum Gasteiger partial charge on any atom is 0.344 e. The zero-order valence-corrected chi connectivity index (χ0v) is 11.5. The lowest BCUT2D eigenvalue weighted by Gasteiger charge is -2.04. The van der Waals surface area contributed by atoms with Gasteiger partial charge < -0.3 is 5.73 Å². The summed E-state index contributed by atoms with van der Waals surface area (Å²) in [5.41, 5.74) is 6.73. The Morgan fingerprint density at radius 2 is 2.40 bits per heavy atom.